The zero-order chi connectivity index (χ0) is 19.8. The van der Waals surface area contributed by atoms with E-state index in [-0.39, 0.29) is 12.0 Å². The highest BCUT2D eigenvalue weighted by Gasteiger charge is 2.08. The van der Waals surface area contributed by atoms with E-state index in [1.807, 2.05) is 62.4 Å². The van der Waals surface area contributed by atoms with Crippen molar-refractivity contribution in [3.05, 3.63) is 89.4 Å². The highest BCUT2D eigenvalue weighted by Crippen LogP contribution is 2.19. The van der Waals surface area contributed by atoms with E-state index in [1.54, 1.807) is 12.3 Å². The standard InChI is InChI=1S/C23H26N2O3/c1-17(2)28-22-11-4-3-8-20(22)15-24-14-18-7-5-9-19(13-18)23(26)25-16-21-10-6-12-27-21/h3-13,17,24H,14-16H2,1-2H3,(H,25,26). The van der Waals surface area contributed by atoms with Crippen molar-refractivity contribution in [3.63, 3.8) is 0 Å². The van der Waals surface area contributed by atoms with Crippen LogP contribution in [0.5, 0.6) is 5.75 Å². The summed E-state index contributed by atoms with van der Waals surface area (Å²) in [5.41, 5.74) is 2.80. The fourth-order valence-electron chi connectivity index (χ4n) is 2.87. The molecule has 0 saturated heterocycles. The molecule has 0 unspecified atom stereocenters. The van der Waals surface area contributed by atoms with Crippen molar-refractivity contribution in [1.29, 1.82) is 0 Å². The first-order valence-corrected chi connectivity index (χ1v) is 9.46. The molecule has 1 heterocycles. The number of hydrogen-bond acceptors (Lipinski definition) is 4. The summed E-state index contributed by atoms with van der Waals surface area (Å²) in [6, 6.07) is 19.3. The summed E-state index contributed by atoms with van der Waals surface area (Å²) in [5.74, 6) is 1.51. The Hall–Kier alpha value is -3.05. The average Bonchev–Trinajstić information content (AvgIpc) is 3.21. The van der Waals surface area contributed by atoms with E-state index in [1.165, 1.54) is 0 Å². The number of benzene rings is 2. The third-order valence-corrected chi connectivity index (χ3v) is 4.17. The third-order valence-electron chi connectivity index (χ3n) is 4.17. The van der Waals surface area contributed by atoms with E-state index in [0.29, 0.717) is 25.2 Å². The summed E-state index contributed by atoms with van der Waals surface area (Å²) < 4.78 is 11.1. The monoisotopic (exact) mass is 378 g/mol. The number of hydrogen-bond donors (Lipinski definition) is 2. The molecule has 0 atom stereocenters. The van der Waals surface area contributed by atoms with Crippen molar-refractivity contribution in [2.24, 2.45) is 0 Å². The summed E-state index contributed by atoms with van der Waals surface area (Å²) in [6.07, 6.45) is 1.73. The van der Waals surface area contributed by atoms with Crippen LogP contribution >= 0.6 is 0 Å². The lowest BCUT2D eigenvalue weighted by atomic mass is 10.1. The van der Waals surface area contributed by atoms with Crippen molar-refractivity contribution in [2.75, 3.05) is 0 Å². The predicted molar refractivity (Wildman–Crippen MR) is 109 cm³/mol. The summed E-state index contributed by atoms with van der Waals surface area (Å²) in [7, 11) is 0. The van der Waals surface area contributed by atoms with Crippen LogP contribution in [0.3, 0.4) is 0 Å². The Balaban J connectivity index is 1.54. The van der Waals surface area contributed by atoms with Gasteiger partial charge in [-0.2, -0.15) is 0 Å². The fraction of sp³-hybridized carbons (Fsp3) is 0.261. The lowest BCUT2D eigenvalue weighted by molar-refractivity contribution is 0.0948. The Morgan fingerprint density at radius 2 is 1.86 bits per heavy atom. The molecule has 0 saturated carbocycles. The molecule has 0 aliphatic heterocycles. The maximum absolute atomic E-state index is 12.3. The molecule has 0 aliphatic carbocycles. The van der Waals surface area contributed by atoms with Gasteiger partial charge >= 0.3 is 0 Å². The van der Waals surface area contributed by atoms with Crippen LogP contribution in [-0.4, -0.2) is 12.0 Å². The average molecular weight is 378 g/mol. The molecule has 0 bridgehead atoms. The van der Waals surface area contributed by atoms with E-state index in [2.05, 4.69) is 16.7 Å². The second kappa shape index (κ2) is 9.76. The minimum Gasteiger partial charge on any atom is -0.491 e. The fourth-order valence-corrected chi connectivity index (χ4v) is 2.87. The van der Waals surface area contributed by atoms with Gasteiger partial charge in [-0.15, -0.1) is 0 Å². The molecule has 5 heteroatoms. The van der Waals surface area contributed by atoms with Gasteiger partial charge in [-0.25, -0.2) is 0 Å². The topological polar surface area (TPSA) is 63.5 Å². The first-order valence-electron chi connectivity index (χ1n) is 9.46. The van der Waals surface area contributed by atoms with Gasteiger partial charge in [0.05, 0.1) is 18.9 Å². The Kier molecular flexibility index (Phi) is 6.87. The largest absolute Gasteiger partial charge is 0.491 e. The first kappa shape index (κ1) is 19.7. The Labute approximate surface area is 165 Å². The summed E-state index contributed by atoms with van der Waals surface area (Å²) >= 11 is 0. The van der Waals surface area contributed by atoms with Gasteiger partial charge in [0.15, 0.2) is 0 Å². The number of ether oxygens (including phenoxy) is 1. The van der Waals surface area contributed by atoms with Crippen LogP contribution in [0.25, 0.3) is 0 Å². The lowest BCUT2D eigenvalue weighted by Crippen LogP contribution is -2.23. The molecule has 0 spiro atoms. The summed E-state index contributed by atoms with van der Waals surface area (Å²) in [5, 5.41) is 6.29. The molecule has 1 amide bonds. The van der Waals surface area contributed by atoms with Crippen LogP contribution in [0, 0.1) is 0 Å². The molecule has 0 radical (unpaired) electrons. The minimum atomic E-state index is -0.117. The van der Waals surface area contributed by atoms with Gasteiger partial charge in [-0.05, 0) is 49.7 Å². The molecule has 2 aromatic carbocycles. The van der Waals surface area contributed by atoms with E-state index < -0.39 is 0 Å². The number of nitrogens with one attached hydrogen (secondary N) is 2. The number of para-hydroxylation sites is 1. The lowest BCUT2D eigenvalue weighted by Gasteiger charge is -2.14. The zero-order valence-corrected chi connectivity index (χ0v) is 16.3. The van der Waals surface area contributed by atoms with Crippen molar-refractivity contribution in [3.8, 4) is 5.75 Å². The SMILES string of the molecule is CC(C)Oc1ccccc1CNCc1cccc(C(=O)NCc2ccco2)c1. The van der Waals surface area contributed by atoms with Crippen LogP contribution in [0.1, 0.15) is 41.1 Å². The second-order valence-electron chi connectivity index (χ2n) is 6.84. The van der Waals surface area contributed by atoms with E-state index in [0.717, 1.165) is 22.6 Å². The highest BCUT2D eigenvalue weighted by molar-refractivity contribution is 5.94. The van der Waals surface area contributed by atoms with Gasteiger partial charge in [0.2, 0.25) is 0 Å². The molecule has 5 nitrogen and oxygen atoms in total. The van der Waals surface area contributed by atoms with Crippen LogP contribution < -0.4 is 15.4 Å². The molecule has 2 N–H and O–H groups in total. The molecule has 0 aliphatic rings. The minimum absolute atomic E-state index is 0.117. The quantitative estimate of drug-likeness (QED) is 0.583. The summed E-state index contributed by atoms with van der Waals surface area (Å²) in [6.45, 7) is 5.77. The third kappa shape index (κ3) is 5.72. The van der Waals surface area contributed by atoms with Gasteiger partial charge in [0.25, 0.3) is 5.91 Å². The van der Waals surface area contributed by atoms with E-state index in [9.17, 15) is 4.79 Å². The normalized spacial score (nSPS) is 10.8. The smallest absolute Gasteiger partial charge is 0.251 e. The van der Waals surface area contributed by atoms with Crippen LogP contribution in [0.2, 0.25) is 0 Å². The Morgan fingerprint density at radius 1 is 1.00 bits per heavy atom. The number of carbonyl (C=O) groups is 1. The van der Waals surface area contributed by atoms with Crippen LogP contribution in [0.15, 0.2) is 71.3 Å². The Bertz CT molecular complexity index is 888. The van der Waals surface area contributed by atoms with Crippen LogP contribution in [-0.2, 0) is 19.6 Å². The molecule has 0 fully saturated rings. The van der Waals surface area contributed by atoms with E-state index in [4.69, 9.17) is 9.15 Å². The number of rotatable bonds is 9. The van der Waals surface area contributed by atoms with Gasteiger partial charge < -0.3 is 19.8 Å². The molecule has 3 aromatic rings. The molecule has 146 valence electrons. The first-order chi connectivity index (χ1) is 13.6. The van der Waals surface area contributed by atoms with Gasteiger partial charge in [0, 0.05) is 24.2 Å². The molecular weight excluding hydrogens is 352 g/mol. The van der Waals surface area contributed by atoms with Crippen molar-refractivity contribution in [2.45, 2.75) is 39.6 Å². The maximum atomic E-state index is 12.3. The summed E-state index contributed by atoms with van der Waals surface area (Å²) in [4.78, 5) is 12.3. The maximum Gasteiger partial charge on any atom is 0.251 e. The van der Waals surface area contributed by atoms with Gasteiger partial charge in [-0.1, -0.05) is 30.3 Å². The Morgan fingerprint density at radius 3 is 2.64 bits per heavy atom. The van der Waals surface area contributed by atoms with Crippen LogP contribution in [0.4, 0.5) is 0 Å². The number of amides is 1. The predicted octanol–water partition coefficient (Wildman–Crippen LogP) is 4.29. The molecular formula is C23H26N2O3. The number of carbonyl (C=O) groups excluding carboxylic acids is 1. The zero-order valence-electron chi connectivity index (χ0n) is 16.3. The van der Waals surface area contributed by atoms with Crippen molar-refractivity contribution >= 4 is 5.91 Å². The van der Waals surface area contributed by atoms with Crippen molar-refractivity contribution in [1.82, 2.24) is 10.6 Å². The van der Waals surface area contributed by atoms with E-state index >= 15 is 0 Å². The highest BCUT2D eigenvalue weighted by atomic mass is 16.5. The second-order valence-corrected chi connectivity index (χ2v) is 6.84. The molecule has 3 rings (SSSR count). The number of furan rings is 1. The van der Waals surface area contributed by atoms with Gasteiger partial charge in [-0.3, -0.25) is 4.79 Å². The van der Waals surface area contributed by atoms with Gasteiger partial charge in [0.1, 0.15) is 11.5 Å². The molecule has 28 heavy (non-hydrogen) atoms. The van der Waals surface area contributed by atoms with Crippen molar-refractivity contribution < 1.29 is 13.9 Å². The molecule has 1 aromatic heterocycles.